The SMILES string of the molecule is C1=CCCC(C(=CC2C=CC=CC2)CC2=CCCC=C2)=C1. The summed E-state index contributed by atoms with van der Waals surface area (Å²) in [6, 6.07) is 0. The molecule has 1 unspecified atom stereocenters. The molecular weight excluding hydrogens is 252 g/mol. The van der Waals surface area contributed by atoms with E-state index in [1.54, 1.807) is 0 Å². The average molecular weight is 276 g/mol. The van der Waals surface area contributed by atoms with Crippen molar-refractivity contribution in [2.24, 2.45) is 5.92 Å². The molecule has 0 fully saturated rings. The first-order chi connectivity index (χ1) is 10.4. The van der Waals surface area contributed by atoms with E-state index in [-0.39, 0.29) is 0 Å². The first-order valence-electron chi connectivity index (χ1n) is 8.17. The summed E-state index contributed by atoms with van der Waals surface area (Å²) >= 11 is 0. The van der Waals surface area contributed by atoms with E-state index in [1.165, 1.54) is 42.4 Å². The Bertz CT molecular complexity index is 573. The van der Waals surface area contributed by atoms with Crippen LogP contribution in [0.4, 0.5) is 0 Å². The van der Waals surface area contributed by atoms with Crippen LogP contribution in [0, 0.1) is 5.92 Å². The lowest BCUT2D eigenvalue weighted by molar-refractivity contribution is 0.803. The quantitative estimate of drug-likeness (QED) is 0.591. The van der Waals surface area contributed by atoms with Crippen LogP contribution in [-0.4, -0.2) is 0 Å². The molecule has 0 aromatic carbocycles. The van der Waals surface area contributed by atoms with Crippen LogP contribution in [0.25, 0.3) is 0 Å². The van der Waals surface area contributed by atoms with Crippen molar-refractivity contribution in [1.82, 2.24) is 0 Å². The maximum atomic E-state index is 2.49. The number of hydrogen-bond acceptors (Lipinski definition) is 0. The first-order valence-corrected chi connectivity index (χ1v) is 8.17. The summed E-state index contributed by atoms with van der Waals surface area (Å²) in [5, 5.41) is 0. The molecule has 0 saturated carbocycles. The van der Waals surface area contributed by atoms with E-state index in [0.29, 0.717) is 5.92 Å². The maximum Gasteiger partial charge on any atom is -0.000970 e. The maximum absolute atomic E-state index is 2.49. The lowest BCUT2D eigenvalue weighted by Crippen LogP contribution is -2.01. The smallest absolute Gasteiger partial charge is 0.000970 e. The van der Waals surface area contributed by atoms with Gasteiger partial charge in [0.2, 0.25) is 0 Å². The molecule has 0 heterocycles. The van der Waals surface area contributed by atoms with Gasteiger partial charge in [-0.2, -0.15) is 0 Å². The normalized spacial score (nSPS) is 25.0. The van der Waals surface area contributed by atoms with Gasteiger partial charge in [-0.3, -0.25) is 0 Å². The van der Waals surface area contributed by atoms with Gasteiger partial charge >= 0.3 is 0 Å². The molecular formula is C21H24. The molecule has 0 aromatic rings. The molecule has 21 heavy (non-hydrogen) atoms. The van der Waals surface area contributed by atoms with Crippen molar-refractivity contribution in [2.45, 2.75) is 38.5 Å². The molecule has 3 aliphatic carbocycles. The monoisotopic (exact) mass is 276 g/mol. The van der Waals surface area contributed by atoms with E-state index < -0.39 is 0 Å². The zero-order valence-corrected chi connectivity index (χ0v) is 12.7. The third kappa shape index (κ3) is 4.07. The Balaban J connectivity index is 1.81. The Labute approximate surface area is 128 Å². The van der Waals surface area contributed by atoms with Crippen molar-refractivity contribution in [3.63, 3.8) is 0 Å². The minimum atomic E-state index is 0.560. The van der Waals surface area contributed by atoms with E-state index in [9.17, 15) is 0 Å². The predicted octanol–water partition coefficient (Wildman–Crippen LogP) is 5.99. The number of allylic oxidation sites excluding steroid dienone is 14. The van der Waals surface area contributed by atoms with Gasteiger partial charge in [-0.15, -0.1) is 0 Å². The van der Waals surface area contributed by atoms with Gasteiger partial charge in [0, 0.05) is 0 Å². The molecule has 3 aliphatic rings. The molecule has 0 saturated heterocycles. The molecule has 0 spiro atoms. The first kappa shape index (κ1) is 14.1. The van der Waals surface area contributed by atoms with Crippen LogP contribution >= 0.6 is 0 Å². The van der Waals surface area contributed by atoms with Crippen molar-refractivity contribution in [3.8, 4) is 0 Å². The van der Waals surface area contributed by atoms with Crippen LogP contribution < -0.4 is 0 Å². The lowest BCUT2D eigenvalue weighted by Gasteiger charge is -2.18. The highest BCUT2D eigenvalue weighted by molar-refractivity contribution is 5.42. The molecule has 1 atom stereocenters. The fourth-order valence-electron chi connectivity index (χ4n) is 3.15. The Hall–Kier alpha value is -1.82. The van der Waals surface area contributed by atoms with Gasteiger partial charge in [-0.25, -0.2) is 0 Å². The van der Waals surface area contributed by atoms with E-state index in [1.807, 2.05) is 0 Å². The Morgan fingerprint density at radius 3 is 2.76 bits per heavy atom. The zero-order valence-electron chi connectivity index (χ0n) is 12.7. The molecule has 0 amide bonds. The lowest BCUT2D eigenvalue weighted by atomic mass is 9.87. The third-order valence-electron chi connectivity index (χ3n) is 4.32. The zero-order chi connectivity index (χ0) is 14.3. The Kier molecular flexibility index (Phi) is 4.89. The van der Waals surface area contributed by atoms with Gasteiger partial charge in [0.15, 0.2) is 0 Å². The largest absolute Gasteiger partial charge is 0.0842 e. The van der Waals surface area contributed by atoms with Gasteiger partial charge in [0.1, 0.15) is 0 Å². The van der Waals surface area contributed by atoms with Gasteiger partial charge in [-0.05, 0) is 61.2 Å². The van der Waals surface area contributed by atoms with E-state index in [2.05, 4.69) is 66.8 Å². The van der Waals surface area contributed by atoms with Crippen molar-refractivity contribution in [3.05, 3.63) is 83.6 Å². The third-order valence-corrected chi connectivity index (χ3v) is 4.32. The second kappa shape index (κ2) is 7.26. The summed E-state index contributed by atoms with van der Waals surface area (Å²) in [6.07, 6.45) is 32.2. The summed E-state index contributed by atoms with van der Waals surface area (Å²) in [4.78, 5) is 0. The van der Waals surface area contributed by atoms with Crippen LogP contribution in [0.3, 0.4) is 0 Å². The van der Waals surface area contributed by atoms with E-state index >= 15 is 0 Å². The van der Waals surface area contributed by atoms with Gasteiger partial charge in [0.25, 0.3) is 0 Å². The van der Waals surface area contributed by atoms with Crippen molar-refractivity contribution in [2.75, 3.05) is 0 Å². The molecule has 108 valence electrons. The highest BCUT2D eigenvalue weighted by Crippen LogP contribution is 2.30. The fraction of sp³-hybridized carbons (Fsp3) is 0.333. The molecule has 0 aromatic heterocycles. The highest BCUT2D eigenvalue weighted by Gasteiger charge is 2.12. The molecule has 0 nitrogen and oxygen atoms in total. The molecule has 0 radical (unpaired) electrons. The van der Waals surface area contributed by atoms with Crippen LogP contribution in [0.15, 0.2) is 83.6 Å². The van der Waals surface area contributed by atoms with Crippen molar-refractivity contribution < 1.29 is 0 Å². The summed E-state index contributed by atoms with van der Waals surface area (Å²) < 4.78 is 0. The van der Waals surface area contributed by atoms with Crippen molar-refractivity contribution in [1.29, 1.82) is 0 Å². The molecule has 0 N–H and O–H groups in total. The molecule has 0 heteroatoms. The summed E-state index contributed by atoms with van der Waals surface area (Å²) in [5.41, 5.74) is 4.54. The minimum Gasteiger partial charge on any atom is -0.0842 e. The summed E-state index contributed by atoms with van der Waals surface area (Å²) in [5.74, 6) is 0.560. The number of rotatable bonds is 4. The summed E-state index contributed by atoms with van der Waals surface area (Å²) in [7, 11) is 0. The fourth-order valence-corrected chi connectivity index (χ4v) is 3.15. The second-order valence-electron chi connectivity index (χ2n) is 6.00. The van der Waals surface area contributed by atoms with E-state index in [4.69, 9.17) is 0 Å². The Morgan fingerprint density at radius 1 is 1.05 bits per heavy atom. The summed E-state index contributed by atoms with van der Waals surface area (Å²) in [6.45, 7) is 0. The van der Waals surface area contributed by atoms with Gasteiger partial charge in [-0.1, -0.05) is 66.8 Å². The van der Waals surface area contributed by atoms with Crippen LogP contribution in [0.1, 0.15) is 38.5 Å². The van der Waals surface area contributed by atoms with Crippen LogP contribution in [-0.2, 0) is 0 Å². The minimum absolute atomic E-state index is 0.560. The molecule has 3 rings (SSSR count). The average Bonchev–Trinajstić information content (AvgIpc) is 2.57. The van der Waals surface area contributed by atoms with Gasteiger partial charge < -0.3 is 0 Å². The molecule has 0 aliphatic heterocycles. The van der Waals surface area contributed by atoms with Crippen LogP contribution in [0.5, 0.6) is 0 Å². The number of hydrogen-bond donors (Lipinski definition) is 0. The standard InChI is InChI=1S/C21H24/c1-4-10-18(11-5-1)16-21(20-14-8-3-9-15-20)17-19-12-6-2-7-13-19/h1,3-6,8,10,12-14,16,18H,2,7,9,11,15,17H2. The van der Waals surface area contributed by atoms with E-state index in [0.717, 1.165) is 12.8 Å². The van der Waals surface area contributed by atoms with Crippen LogP contribution in [0.2, 0.25) is 0 Å². The molecule has 0 bridgehead atoms. The van der Waals surface area contributed by atoms with Gasteiger partial charge in [0.05, 0.1) is 0 Å². The highest BCUT2D eigenvalue weighted by atomic mass is 14.2. The second-order valence-corrected chi connectivity index (χ2v) is 6.00. The topological polar surface area (TPSA) is 0 Å². The van der Waals surface area contributed by atoms with Crippen molar-refractivity contribution >= 4 is 0 Å². The Morgan fingerprint density at radius 2 is 2.05 bits per heavy atom. The predicted molar refractivity (Wildman–Crippen MR) is 92.0 cm³/mol.